The summed E-state index contributed by atoms with van der Waals surface area (Å²) in [6.07, 6.45) is 0.673. The van der Waals surface area contributed by atoms with E-state index in [9.17, 15) is 13.2 Å². The largest absolute Gasteiger partial charge is 0.334 e. The first kappa shape index (κ1) is 16.0. The van der Waals surface area contributed by atoms with Gasteiger partial charge in [0.15, 0.2) is 0 Å². The zero-order valence-electron chi connectivity index (χ0n) is 12.2. The molecule has 1 amide bonds. The van der Waals surface area contributed by atoms with Crippen molar-refractivity contribution in [1.82, 2.24) is 4.90 Å². The molecule has 0 saturated carbocycles. The molecule has 0 atom stereocenters. The third-order valence-corrected chi connectivity index (χ3v) is 5.02. The van der Waals surface area contributed by atoms with Crippen LogP contribution in [0.25, 0.3) is 0 Å². The molecule has 0 aromatic heterocycles. The van der Waals surface area contributed by atoms with Crippen molar-refractivity contribution in [3.63, 3.8) is 0 Å². The molecule has 1 aliphatic rings. The van der Waals surface area contributed by atoms with Crippen LogP contribution in [0.1, 0.15) is 21.5 Å². The van der Waals surface area contributed by atoms with Gasteiger partial charge in [0.1, 0.15) is 0 Å². The van der Waals surface area contributed by atoms with Crippen LogP contribution in [-0.2, 0) is 23.0 Å². The molecule has 0 aliphatic carbocycles. The first-order valence-corrected chi connectivity index (χ1v) is 8.96. The number of carbonyl (C=O) groups is 1. The molecule has 2 aromatic carbocycles. The molecule has 120 valence electrons. The van der Waals surface area contributed by atoms with Gasteiger partial charge < -0.3 is 4.90 Å². The maximum atomic E-state index is 12.6. The first-order valence-electron chi connectivity index (χ1n) is 7.04. The number of hydrogen-bond donors (Lipinski definition) is 1. The summed E-state index contributed by atoms with van der Waals surface area (Å²) in [5.41, 5.74) is 2.36. The second kappa shape index (κ2) is 5.96. The number of nitrogens with zero attached hydrogens (tertiary/aromatic N) is 1. The van der Waals surface area contributed by atoms with Crippen molar-refractivity contribution in [3.8, 4) is 0 Å². The molecule has 5 nitrogen and oxygen atoms in total. The minimum absolute atomic E-state index is 0.0632. The van der Waals surface area contributed by atoms with Gasteiger partial charge in [0.2, 0.25) is 10.0 Å². The van der Waals surface area contributed by atoms with Crippen LogP contribution in [0.3, 0.4) is 0 Å². The second-order valence-corrected chi connectivity index (χ2v) is 7.46. The van der Waals surface area contributed by atoms with Gasteiger partial charge in [0.05, 0.1) is 4.90 Å². The van der Waals surface area contributed by atoms with Gasteiger partial charge >= 0.3 is 0 Å². The summed E-state index contributed by atoms with van der Waals surface area (Å²) in [6, 6.07) is 11.6. The number of amides is 1. The number of halogens is 1. The molecular formula is C16H15ClN2O3S. The van der Waals surface area contributed by atoms with E-state index in [1.54, 1.807) is 41.3 Å². The van der Waals surface area contributed by atoms with Crippen molar-refractivity contribution in [2.24, 2.45) is 5.14 Å². The highest BCUT2D eigenvalue weighted by molar-refractivity contribution is 7.89. The van der Waals surface area contributed by atoms with Crippen molar-refractivity contribution in [2.45, 2.75) is 17.9 Å². The topological polar surface area (TPSA) is 80.5 Å². The van der Waals surface area contributed by atoms with Crippen LogP contribution in [0.5, 0.6) is 0 Å². The fraction of sp³-hybridized carbons (Fsp3) is 0.188. The molecule has 23 heavy (non-hydrogen) atoms. The average molecular weight is 351 g/mol. The van der Waals surface area contributed by atoms with Gasteiger partial charge in [-0.15, -0.1) is 0 Å². The lowest BCUT2D eigenvalue weighted by Crippen LogP contribution is -2.36. The maximum Gasteiger partial charge on any atom is 0.254 e. The molecule has 0 saturated heterocycles. The highest BCUT2D eigenvalue weighted by Crippen LogP contribution is 2.24. The number of fused-ring (bicyclic) bond motifs is 1. The molecular weight excluding hydrogens is 336 g/mol. The fourth-order valence-corrected chi connectivity index (χ4v) is 3.44. The van der Waals surface area contributed by atoms with Crippen LogP contribution in [-0.4, -0.2) is 25.8 Å². The first-order chi connectivity index (χ1) is 10.8. The third kappa shape index (κ3) is 3.39. The van der Waals surface area contributed by atoms with Crippen LogP contribution in [0.15, 0.2) is 47.4 Å². The molecule has 1 aliphatic heterocycles. The summed E-state index contributed by atoms with van der Waals surface area (Å²) in [6.45, 7) is 0.928. The number of rotatable bonds is 2. The third-order valence-electron chi connectivity index (χ3n) is 3.88. The highest BCUT2D eigenvalue weighted by atomic mass is 35.5. The predicted molar refractivity (Wildman–Crippen MR) is 87.7 cm³/mol. The van der Waals surface area contributed by atoms with Crippen molar-refractivity contribution < 1.29 is 13.2 Å². The normalized spacial score (nSPS) is 14.4. The van der Waals surface area contributed by atoms with E-state index in [4.69, 9.17) is 16.7 Å². The summed E-state index contributed by atoms with van der Waals surface area (Å²) >= 11 is 5.93. The van der Waals surface area contributed by atoms with Crippen molar-refractivity contribution in [2.75, 3.05) is 6.54 Å². The minimum atomic E-state index is -3.75. The lowest BCUT2D eigenvalue weighted by Gasteiger charge is -2.29. The van der Waals surface area contributed by atoms with Crippen LogP contribution < -0.4 is 5.14 Å². The Morgan fingerprint density at radius 1 is 1.13 bits per heavy atom. The molecule has 7 heteroatoms. The molecule has 2 aromatic rings. The van der Waals surface area contributed by atoms with E-state index >= 15 is 0 Å². The number of carbonyl (C=O) groups excluding carboxylic acids is 1. The van der Waals surface area contributed by atoms with Crippen molar-refractivity contribution in [3.05, 3.63) is 64.2 Å². The Balaban J connectivity index is 1.88. The summed E-state index contributed by atoms with van der Waals surface area (Å²) in [7, 11) is -3.75. The Hall–Kier alpha value is -1.89. The monoisotopic (exact) mass is 350 g/mol. The van der Waals surface area contributed by atoms with Crippen LogP contribution >= 0.6 is 11.6 Å². The standard InChI is InChI=1S/C16H15ClN2O3S/c17-14-3-1-2-12(8-14)16(20)19-7-6-11-4-5-15(23(18,21)22)9-13(11)10-19/h1-5,8-9H,6-7,10H2,(H2,18,21,22). The SMILES string of the molecule is NS(=O)(=O)c1ccc2c(c1)CN(C(=O)c1cccc(Cl)c1)CC2. The van der Waals surface area contributed by atoms with Gasteiger partial charge in [-0.2, -0.15) is 0 Å². The molecule has 0 fully saturated rings. The molecule has 0 spiro atoms. The van der Waals surface area contributed by atoms with Crippen LogP contribution in [0.4, 0.5) is 0 Å². The lowest BCUT2D eigenvalue weighted by molar-refractivity contribution is 0.0734. The number of nitrogens with two attached hydrogens (primary N) is 1. The maximum absolute atomic E-state index is 12.6. The summed E-state index contributed by atoms with van der Waals surface area (Å²) in [5.74, 6) is -0.126. The minimum Gasteiger partial charge on any atom is -0.334 e. The quantitative estimate of drug-likeness (QED) is 0.901. The van der Waals surface area contributed by atoms with E-state index in [0.29, 0.717) is 30.1 Å². The molecule has 2 N–H and O–H groups in total. The summed E-state index contributed by atoms with van der Waals surface area (Å²) in [5, 5.41) is 5.67. The number of primary sulfonamides is 1. The molecule has 0 unspecified atom stereocenters. The Kier molecular flexibility index (Phi) is 4.14. The molecule has 1 heterocycles. The number of sulfonamides is 1. The van der Waals surface area contributed by atoms with Crippen molar-refractivity contribution >= 4 is 27.5 Å². The van der Waals surface area contributed by atoms with E-state index < -0.39 is 10.0 Å². The fourth-order valence-electron chi connectivity index (χ4n) is 2.69. The Morgan fingerprint density at radius 2 is 1.91 bits per heavy atom. The summed E-state index contributed by atoms with van der Waals surface area (Å²) in [4.78, 5) is 14.3. The van der Waals surface area contributed by atoms with E-state index in [-0.39, 0.29) is 10.8 Å². The van der Waals surface area contributed by atoms with Gasteiger partial charge in [-0.05, 0) is 47.9 Å². The average Bonchev–Trinajstić information content (AvgIpc) is 2.52. The predicted octanol–water partition coefficient (Wildman–Crippen LogP) is 2.19. The Morgan fingerprint density at radius 3 is 2.61 bits per heavy atom. The van der Waals surface area contributed by atoms with E-state index in [1.807, 2.05) is 0 Å². The Labute approximate surface area is 139 Å². The molecule has 0 bridgehead atoms. The molecule has 3 rings (SSSR count). The van der Waals surface area contributed by atoms with Gasteiger partial charge in [-0.3, -0.25) is 4.79 Å². The van der Waals surface area contributed by atoms with Crippen molar-refractivity contribution in [1.29, 1.82) is 0 Å². The van der Waals surface area contributed by atoms with E-state index in [2.05, 4.69) is 0 Å². The Bertz CT molecular complexity index is 881. The van der Waals surface area contributed by atoms with Gasteiger partial charge in [0.25, 0.3) is 5.91 Å². The smallest absolute Gasteiger partial charge is 0.254 e. The zero-order chi connectivity index (χ0) is 16.6. The van der Waals surface area contributed by atoms with E-state index in [0.717, 1.165) is 11.1 Å². The van der Waals surface area contributed by atoms with Crippen LogP contribution in [0, 0.1) is 0 Å². The zero-order valence-corrected chi connectivity index (χ0v) is 13.8. The van der Waals surface area contributed by atoms with Crippen LogP contribution in [0.2, 0.25) is 5.02 Å². The molecule has 0 radical (unpaired) electrons. The van der Waals surface area contributed by atoms with Gasteiger partial charge in [0, 0.05) is 23.7 Å². The summed E-state index contributed by atoms with van der Waals surface area (Å²) < 4.78 is 23.0. The highest BCUT2D eigenvalue weighted by Gasteiger charge is 2.23. The number of benzene rings is 2. The van der Waals surface area contributed by atoms with Gasteiger partial charge in [-0.25, -0.2) is 13.6 Å². The number of hydrogen-bond acceptors (Lipinski definition) is 3. The van der Waals surface area contributed by atoms with E-state index in [1.165, 1.54) is 6.07 Å². The van der Waals surface area contributed by atoms with Gasteiger partial charge in [-0.1, -0.05) is 23.7 Å². The lowest BCUT2D eigenvalue weighted by atomic mass is 9.99. The second-order valence-electron chi connectivity index (χ2n) is 5.46.